The fourth-order valence-electron chi connectivity index (χ4n) is 2.97. The van der Waals surface area contributed by atoms with Crippen LogP contribution in [0.25, 0.3) is 10.9 Å². The van der Waals surface area contributed by atoms with Gasteiger partial charge in [-0.05, 0) is 18.2 Å². The average Bonchev–Trinajstić information content (AvgIpc) is 2.76. The third-order valence-electron chi connectivity index (χ3n) is 4.49. The maximum absolute atomic E-state index is 14.7. The molecule has 4 aromatic rings. The number of rotatable bonds is 5. The monoisotopic (exact) mass is 472 g/mol. The van der Waals surface area contributed by atoms with Crippen LogP contribution in [0.15, 0.2) is 48.7 Å². The first-order valence-corrected chi connectivity index (χ1v) is 9.83. The van der Waals surface area contributed by atoms with E-state index in [9.17, 15) is 19.1 Å². The molecule has 0 fully saturated rings. The lowest BCUT2D eigenvalue weighted by molar-refractivity contribution is 0.286. The zero-order valence-electron chi connectivity index (χ0n) is 16.0. The Hall–Kier alpha value is -3.67. The number of hydrogen-bond donors (Lipinski definition) is 2. The third-order valence-corrected chi connectivity index (χ3v) is 5.01. The lowest BCUT2D eigenvalue weighted by Crippen LogP contribution is -2.02. The van der Waals surface area contributed by atoms with Crippen molar-refractivity contribution in [3.63, 3.8) is 0 Å². The molecule has 10 heteroatoms. The van der Waals surface area contributed by atoms with Crippen LogP contribution < -0.4 is 10.1 Å². The van der Waals surface area contributed by atoms with Crippen LogP contribution in [0.3, 0.4) is 0 Å². The second-order valence-corrected chi connectivity index (χ2v) is 7.40. The van der Waals surface area contributed by atoms with Gasteiger partial charge in [0.2, 0.25) is 0 Å². The second-order valence-electron chi connectivity index (χ2n) is 6.61. The van der Waals surface area contributed by atoms with Gasteiger partial charge in [0.1, 0.15) is 17.8 Å². The standard InChI is InChI=1S/C22H12Cl2F2N4O2/c23-14-5-20(32-10-12-2-1-3-21(24)29-12)16(26)6-18(14)30-22-11(8-27)9-28-17-7-19(31)15(25)4-13(17)22/h1-7,9,31H,10H2,(H,28,30). The predicted octanol–water partition coefficient (Wildman–Crippen LogP) is 6.11. The van der Waals surface area contributed by atoms with E-state index in [1.54, 1.807) is 18.2 Å². The molecule has 0 bridgehead atoms. The maximum atomic E-state index is 14.7. The highest BCUT2D eigenvalue weighted by Crippen LogP contribution is 2.36. The van der Waals surface area contributed by atoms with E-state index < -0.39 is 17.4 Å². The van der Waals surface area contributed by atoms with Crippen LogP contribution in [0.2, 0.25) is 10.2 Å². The summed E-state index contributed by atoms with van der Waals surface area (Å²) in [4.78, 5) is 8.10. The Morgan fingerprint density at radius 3 is 2.69 bits per heavy atom. The molecule has 0 unspecified atom stereocenters. The summed E-state index contributed by atoms with van der Waals surface area (Å²) in [7, 11) is 0. The van der Waals surface area contributed by atoms with Crippen molar-refractivity contribution in [1.82, 2.24) is 9.97 Å². The number of nitriles is 1. The molecule has 0 aliphatic heterocycles. The van der Waals surface area contributed by atoms with E-state index in [0.29, 0.717) is 5.69 Å². The summed E-state index contributed by atoms with van der Waals surface area (Å²) < 4.78 is 34.1. The predicted molar refractivity (Wildman–Crippen MR) is 116 cm³/mol. The van der Waals surface area contributed by atoms with E-state index >= 15 is 0 Å². The minimum atomic E-state index is -0.895. The minimum absolute atomic E-state index is 0.0308. The molecule has 0 saturated carbocycles. The van der Waals surface area contributed by atoms with E-state index in [2.05, 4.69) is 15.3 Å². The zero-order valence-corrected chi connectivity index (χ0v) is 17.5. The Morgan fingerprint density at radius 2 is 1.94 bits per heavy atom. The quantitative estimate of drug-likeness (QED) is 0.340. The van der Waals surface area contributed by atoms with Crippen molar-refractivity contribution in [3.8, 4) is 17.6 Å². The Bertz CT molecular complexity index is 1390. The topological polar surface area (TPSA) is 91.1 Å². The molecule has 2 heterocycles. The average molecular weight is 473 g/mol. The van der Waals surface area contributed by atoms with Crippen molar-refractivity contribution in [3.05, 3.63) is 81.7 Å². The number of benzene rings is 2. The van der Waals surface area contributed by atoms with Gasteiger partial charge >= 0.3 is 0 Å². The van der Waals surface area contributed by atoms with Crippen LogP contribution in [-0.4, -0.2) is 15.1 Å². The van der Waals surface area contributed by atoms with E-state index in [-0.39, 0.29) is 50.4 Å². The smallest absolute Gasteiger partial charge is 0.167 e. The molecule has 0 amide bonds. The van der Waals surface area contributed by atoms with Gasteiger partial charge in [-0.3, -0.25) is 4.98 Å². The van der Waals surface area contributed by atoms with Crippen molar-refractivity contribution in [2.75, 3.05) is 5.32 Å². The first-order valence-electron chi connectivity index (χ1n) is 9.07. The van der Waals surface area contributed by atoms with Gasteiger partial charge in [-0.25, -0.2) is 13.8 Å². The van der Waals surface area contributed by atoms with Gasteiger partial charge in [0.15, 0.2) is 23.1 Å². The fourth-order valence-corrected chi connectivity index (χ4v) is 3.36. The van der Waals surface area contributed by atoms with Gasteiger partial charge in [-0.2, -0.15) is 5.26 Å². The molecule has 2 aromatic carbocycles. The summed E-state index contributed by atoms with van der Waals surface area (Å²) in [5.41, 5.74) is 1.09. The molecule has 0 saturated heterocycles. The van der Waals surface area contributed by atoms with Crippen LogP contribution in [-0.2, 0) is 6.61 Å². The highest BCUT2D eigenvalue weighted by molar-refractivity contribution is 6.33. The van der Waals surface area contributed by atoms with E-state index in [1.165, 1.54) is 12.3 Å². The van der Waals surface area contributed by atoms with Gasteiger partial charge in [0.25, 0.3) is 0 Å². The van der Waals surface area contributed by atoms with Crippen LogP contribution in [0, 0.1) is 23.0 Å². The number of pyridine rings is 2. The van der Waals surface area contributed by atoms with Crippen molar-refractivity contribution in [2.24, 2.45) is 0 Å². The molecule has 0 aliphatic rings. The first-order chi connectivity index (χ1) is 15.4. The van der Waals surface area contributed by atoms with Crippen LogP contribution in [0.1, 0.15) is 11.3 Å². The van der Waals surface area contributed by atoms with Gasteiger partial charge < -0.3 is 15.2 Å². The number of nitrogens with one attached hydrogen (secondary N) is 1. The SMILES string of the molecule is N#Cc1cnc2cc(O)c(F)cc2c1Nc1cc(F)c(OCc2cccc(Cl)n2)cc1Cl. The number of nitrogens with zero attached hydrogens (tertiary/aromatic N) is 3. The number of aromatic hydroxyl groups is 1. The molecule has 0 atom stereocenters. The van der Waals surface area contributed by atoms with Gasteiger partial charge in [0, 0.05) is 29.8 Å². The summed E-state index contributed by atoms with van der Waals surface area (Å²) >= 11 is 12.1. The highest BCUT2D eigenvalue weighted by atomic mass is 35.5. The summed E-state index contributed by atoms with van der Waals surface area (Å²) in [6, 6.07) is 11.4. The first kappa shape index (κ1) is 21.6. The summed E-state index contributed by atoms with van der Waals surface area (Å²) in [5.74, 6) is -2.31. The van der Waals surface area contributed by atoms with E-state index in [0.717, 1.165) is 18.2 Å². The Kier molecular flexibility index (Phi) is 5.95. The number of ether oxygens (including phenoxy) is 1. The Balaban J connectivity index is 1.67. The van der Waals surface area contributed by atoms with Crippen molar-refractivity contribution >= 4 is 45.5 Å². The van der Waals surface area contributed by atoms with E-state index in [4.69, 9.17) is 27.9 Å². The molecule has 32 heavy (non-hydrogen) atoms. The molecule has 0 spiro atoms. The summed E-state index contributed by atoms with van der Waals surface area (Å²) in [5, 5.41) is 22.5. The lowest BCUT2D eigenvalue weighted by atomic mass is 10.1. The summed E-state index contributed by atoms with van der Waals surface area (Å²) in [6.07, 6.45) is 1.25. The number of phenols is 1. The van der Waals surface area contributed by atoms with Gasteiger partial charge in [-0.15, -0.1) is 0 Å². The number of aromatic nitrogens is 2. The molecule has 2 aromatic heterocycles. The Labute approximate surface area is 190 Å². The third kappa shape index (κ3) is 4.35. The minimum Gasteiger partial charge on any atom is -0.505 e. The van der Waals surface area contributed by atoms with Crippen molar-refractivity contribution in [2.45, 2.75) is 6.61 Å². The van der Waals surface area contributed by atoms with Crippen LogP contribution in [0.4, 0.5) is 20.2 Å². The van der Waals surface area contributed by atoms with Gasteiger partial charge in [-0.1, -0.05) is 29.3 Å². The number of fused-ring (bicyclic) bond motifs is 1. The molecule has 0 aliphatic carbocycles. The van der Waals surface area contributed by atoms with Crippen molar-refractivity contribution in [1.29, 1.82) is 5.26 Å². The molecule has 6 nitrogen and oxygen atoms in total. The number of phenolic OH excluding ortho intramolecular Hbond substituents is 1. The molecule has 0 radical (unpaired) electrons. The summed E-state index contributed by atoms with van der Waals surface area (Å²) in [6.45, 7) is -0.0308. The van der Waals surface area contributed by atoms with Gasteiger partial charge in [0.05, 0.1) is 33.2 Å². The number of anilines is 2. The maximum Gasteiger partial charge on any atom is 0.167 e. The highest BCUT2D eigenvalue weighted by Gasteiger charge is 2.16. The molecule has 160 valence electrons. The van der Waals surface area contributed by atoms with Crippen LogP contribution >= 0.6 is 23.2 Å². The normalized spacial score (nSPS) is 10.7. The molecular weight excluding hydrogens is 461 g/mol. The molecular formula is C22H12Cl2F2N4O2. The van der Waals surface area contributed by atoms with Crippen molar-refractivity contribution < 1.29 is 18.6 Å². The molecule has 2 N–H and O–H groups in total. The largest absolute Gasteiger partial charge is 0.505 e. The zero-order chi connectivity index (χ0) is 22.8. The van der Waals surface area contributed by atoms with Crippen LogP contribution in [0.5, 0.6) is 11.5 Å². The number of halogens is 4. The lowest BCUT2D eigenvalue weighted by Gasteiger charge is -2.15. The fraction of sp³-hybridized carbons (Fsp3) is 0.0455. The Morgan fingerprint density at radius 1 is 1.12 bits per heavy atom. The second kappa shape index (κ2) is 8.83. The van der Waals surface area contributed by atoms with E-state index in [1.807, 2.05) is 6.07 Å². The molecule has 4 rings (SSSR count). The number of hydrogen-bond acceptors (Lipinski definition) is 6.